The summed E-state index contributed by atoms with van der Waals surface area (Å²) in [6.07, 6.45) is -3.09. The van der Waals surface area contributed by atoms with Gasteiger partial charge in [-0.3, -0.25) is 14.2 Å². The summed E-state index contributed by atoms with van der Waals surface area (Å²) in [5, 5.41) is 20.7. The second kappa shape index (κ2) is 7.44. The third kappa shape index (κ3) is 3.41. The quantitative estimate of drug-likeness (QED) is 0.681. The molecule has 0 amide bonds. The van der Waals surface area contributed by atoms with E-state index in [0.717, 1.165) is 17.6 Å². The molecule has 6 nitrogen and oxygen atoms in total. The van der Waals surface area contributed by atoms with Gasteiger partial charge in [0, 0.05) is 34.0 Å². The lowest BCUT2D eigenvalue weighted by Crippen LogP contribution is -2.42. The van der Waals surface area contributed by atoms with Crippen LogP contribution in [0.1, 0.15) is 28.5 Å². The third-order valence-electron chi connectivity index (χ3n) is 6.57. The number of carbonyl (C=O) groups excluding carboxylic acids is 1. The first-order chi connectivity index (χ1) is 15.2. The van der Waals surface area contributed by atoms with Gasteiger partial charge in [0.25, 0.3) is 5.91 Å². The van der Waals surface area contributed by atoms with E-state index < -0.39 is 41.4 Å². The Morgan fingerprint density at radius 2 is 1.82 bits per heavy atom. The van der Waals surface area contributed by atoms with Crippen molar-refractivity contribution in [3.05, 3.63) is 56.7 Å². The van der Waals surface area contributed by atoms with Crippen LogP contribution in [0.3, 0.4) is 0 Å². The molecular formula is C23H22ClF3N2O4. The molecule has 2 aliphatic carbocycles. The second-order valence-corrected chi connectivity index (χ2v) is 9.42. The minimum Gasteiger partial charge on any atom is -0.481 e. The van der Waals surface area contributed by atoms with Gasteiger partial charge in [-0.25, -0.2) is 0 Å². The lowest BCUT2D eigenvalue weighted by Gasteiger charge is -2.20. The molecule has 3 unspecified atom stereocenters. The van der Waals surface area contributed by atoms with E-state index in [4.69, 9.17) is 11.6 Å². The predicted molar refractivity (Wildman–Crippen MR) is 115 cm³/mol. The van der Waals surface area contributed by atoms with Crippen molar-refractivity contribution in [2.75, 3.05) is 14.1 Å². The van der Waals surface area contributed by atoms with Gasteiger partial charge < -0.3 is 15.1 Å². The van der Waals surface area contributed by atoms with E-state index in [1.54, 1.807) is 19.0 Å². The van der Waals surface area contributed by atoms with Crippen molar-refractivity contribution < 1.29 is 33.0 Å². The Balaban J connectivity index is 2.08. The van der Waals surface area contributed by atoms with E-state index in [2.05, 4.69) is 0 Å². The zero-order valence-corrected chi connectivity index (χ0v) is 18.8. The molecule has 10 heteroatoms. The SMILES string of the molecule is CN(C)Cc1c(CC(=O)O)c2c(n1C(=O)c1ccc(Cl)cc1)=CC1(C(F)(F)F)C(C=2)C1(C)O. The molecule has 1 aromatic heterocycles. The summed E-state index contributed by atoms with van der Waals surface area (Å²) >= 11 is 5.91. The molecule has 0 bridgehead atoms. The van der Waals surface area contributed by atoms with E-state index in [0.29, 0.717) is 5.02 Å². The van der Waals surface area contributed by atoms with Crippen molar-refractivity contribution in [2.45, 2.75) is 31.7 Å². The molecular weight excluding hydrogens is 461 g/mol. The zero-order valence-electron chi connectivity index (χ0n) is 18.1. The highest BCUT2D eigenvalue weighted by Gasteiger charge is 2.84. The summed E-state index contributed by atoms with van der Waals surface area (Å²) in [6.45, 7) is 1.23. The number of aliphatic hydroxyl groups is 1. The Labute approximate surface area is 192 Å². The molecule has 0 spiro atoms. The molecule has 3 atom stereocenters. The van der Waals surface area contributed by atoms with Crippen LogP contribution in [0, 0.1) is 11.3 Å². The van der Waals surface area contributed by atoms with Gasteiger partial charge in [-0.2, -0.15) is 13.2 Å². The molecule has 0 radical (unpaired) electrons. The maximum Gasteiger partial charge on any atom is 0.401 e. The number of benzene rings is 1. The first-order valence-electron chi connectivity index (χ1n) is 10.2. The summed E-state index contributed by atoms with van der Waals surface area (Å²) < 4.78 is 43.6. The van der Waals surface area contributed by atoms with Crippen LogP contribution in [-0.2, 0) is 17.8 Å². The monoisotopic (exact) mass is 482 g/mol. The van der Waals surface area contributed by atoms with E-state index >= 15 is 0 Å². The predicted octanol–water partition coefficient (Wildman–Crippen LogP) is 2.02. The Bertz CT molecular complexity index is 1280. The fourth-order valence-electron chi connectivity index (χ4n) is 4.93. The number of aliphatic carboxylic acids is 1. The van der Waals surface area contributed by atoms with Crippen molar-refractivity contribution in [3.63, 3.8) is 0 Å². The molecule has 1 fully saturated rings. The van der Waals surface area contributed by atoms with Gasteiger partial charge in [0.2, 0.25) is 0 Å². The van der Waals surface area contributed by atoms with Crippen LogP contribution in [0.15, 0.2) is 24.3 Å². The summed E-state index contributed by atoms with van der Waals surface area (Å²) in [5.41, 5.74) is -3.94. The lowest BCUT2D eigenvalue weighted by atomic mass is 9.95. The topological polar surface area (TPSA) is 82.8 Å². The number of halogens is 4. The maximum absolute atomic E-state index is 14.2. The van der Waals surface area contributed by atoms with Gasteiger partial charge in [0.1, 0.15) is 5.41 Å². The Hall–Kier alpha value is -2.62. The first-order valence-corrected chi connectivity index (χ1v) is 10.5. The molecule has 1 heterocycles. The standard InChI is InChI=1S/C23H22ClF3N2O4/c1-21(33)18-8-14-15(9-19(30)31)17(11-28(2)3)29(16(14)10-22(18,21)23(25,26)27)20(32)12-4-6-13(24)7-5-12/h4-8,10,18,33H,9,11H2,1-3H3,(H,30,31). The van der Waals surface area contributed by atoms with Crippen molar-refractivity contribution in [1.82, 2.24) is 9.47 Å². The molecule has 0 saturated heterocycles. The van der Waals surface area contributed by atoms with E-state index in [1.165, 1.54) is 30.3 Å². The average molecular weight is 483 g/mol. The maximum atomic E-state index is 14.2. The Morgan fingerprint density at radius 1 is 1.21 bits per heavy atom. The largest absolute Gasteiger partial charge is 0.481 e. The Kier molecular flexibility index (Phi) is 5.31. The number of carbonyl (C=O) groups is 2. The molecule has 33 heavy (non-hydrogen) atoms. The molecule has 2 aromatic rings. The van der Waals surface area contributed by atoms with Gasteiger partial charge in [-0.1, -0.05) is 17.7 Å². The van der Waals surface area contributed by atoms with Gasteiger partial charge >= 0.3 is 12.1 Å². The number of carboxylic acid groups (broad SMARTS) is 1. The van der Waals surface area contributed by atoms with Gasteiger partial charge in [0.05, 0.1) is 17.4 Å². The molecule has 2 aliphatic rings. The number of hydrogen-bond donors (Lipinski definition) is 2. The molecule has 2 N–H and O–H groups in total. The van der Waals surface area contributed by atoms with Crippen LogP contribution >= 0.6 is 11.6 Å². The molecule has 4 rings (SSSR count). The number of aromatic nitrogens is 1. The van der Waals surface area contributed by atoms with Crippen LogP contribution in [0.4, 0.5) is 13.2 Å². The molecule has 1 saturated carbocycles. The number of carboxylic acids is 1. The van der Waals surface area contributed by atoms with E-state index in [-0.39, 0.29) is 33.9 Å². The fourth-order valence-corrected chi connectivity index (χ4v) is 5.06. The van der Waals surface area contributed by atoms with Crippen LogP contribution < -0.4 is 10.6 Å². The highest BCUT2D eigenvalue weighted by molar-refractivity contribution is 6.30. The number of alkyl halides is 3. The van der Waals surface area contributed by atoms with Crippen LogP contribution in [0.2, 0.25) is 5.02 Å². The van der Waals surface area contributed by atoms with Gasteiger partial charge in [0.15, 0.2) is 0 Å². The summed E-state index contributed by atoms with van der Waals surface area (Å²) in [4.78, 5) is 26.9. The molecule has 176 valence electrons. The van der Waals surface area contributed by atoms with Gasteiger partial charge in [-0.05, 0) is 56.9 Å². The minimum atomic E-state index is -4.78. The second-order valence-electron chi connectivity index (χ2n) is 8.98. The summed E-state index contributed by atoms with van der Waals surface area (Å²) in [5.74, 6) is -3.08. The summed E-state index contributed by atoms with van der Waals surface area (Å²) in [7, 11) is 3.42. The highest BCUT2D eigenvalue weighted by Crippen LogP contribution is 2.71. The van der Waals surface area contributed by atoms with Crippen LogP contribution in [0.25, 0.3) is 12.2 Å². The van der Waals surface area contributed by atoms with Crippen molar-refractivity contribution in [2.24, 2.45) is 11.3 Å². The van der Waals surface area contributed by atoms with Crippen LogP contribution in [0.5, 0.6) is 0 Å². The van der Waals surface area contributed by atoms with Crippen molar-refractivity contribution in [1.29, 1.82) is 0 Å². The lowest BCUT2D eigenvalue weighted by molar-refractivity contribution is -0.184. The molecule has 1 aromatic carbocycles. The number of fused-ring (bicyclic) bond motifs is 2. The smallest absolute Gasteiger partial charge is 0.401 e. The average Bonchev–Trinajstić information content (AvgIpc) is 3.06. The van der Waals surface area contributed by atoms with Gasteiger partial charge in [-0.15, -0.1) is 0 Å². The number of hydrogen-bond acceptors (Lipinski definition) is 4. The number of rotatable bonds is 5. The minimum absolute atomic E-state index is 0.0607. The van der Waals surface area contributed by atoms with E-state index in [1.807, 2.05) is 0 Å². The Morgan fingerprint density at radius 3 is 2.33 bits per heavy atom. The zero-order chi connectivity index (χ0) is 24.5. The normalized spacial score (nSPS) is 25.7. The van der Waals surface area contributed by atoms with Crippen molar-refractivity contribution in [3.8, 4) is 0 Å². The fraction of sp³-hybridized carbons (Fsp3) is 0.391. The molecule has 0 aliphatic heterocycles. The first kappa shape index (κ1) is 23.5. The number of nitrogens with zero attached hydrogens (tertiary/aromatic N) is 2. The third-order valence-corrected chi connectivity index (χ3v) is 6.82. The highest BCUT2D eigenvalue weighted by atomic mass is 35.5. The van der Waals surface area contributed by atoms with E-state index in [9.17, 15) is 33.0 Å². The van der Waals surface area contributed by atoms with Crippen molar-refractivity contribution >= 4 is 35.6 Å². The summed E-state index contributed by atoms with van der Waals surface area (Å²) in [6, 6.07) is 5.89. The van der Waals surface area contributed by atoms with Crippen LogP contribution in [-0.4, -0.2) is 57.4 Å².